The molecule has 2 N–H and O–H groups in total. The van der Waals surface area contributed by atoms with Crippen molar-refractivity contribution >= 4 is 17.0 Å². The summed E-state index contributed by atoms with van der Waals surface area (Å²) in [5.41, 5.74) is 8.42. The number of hydrogen-bond acceptors (Lipinski definition) is 4. The van der Waals surface area contributed by atoms with E-state index in [4.69, 9.17) is 5.73 Å². The molecule has 0 saturated heterocycles. The summed E-state index contributed by atoms with van der Waals surface area (Å²) >= 11 is 0. The molecular weight excluding hydrogens is 238 g/mol. The number of hydrogen-bond donors (Lipinski definition) is 1. The van der Waals surface area contributed by atoms with E-state index >= 15 is 0 Å². The first kappa shape index (κ1) is 10.5. The molecule has 0 aliphatic heterocycles. The van der Waals surface area contributed by atoms with Gasteiger partial charge in [0.2, 0.25) is 0 Å². The first-order chi connectivity index (χ1) is 9.33. The molecule has 3 aromatic rings. The van der Waals surface area contributed by atoms with E-state index in [1.165, 1.54) is 12.8 Å². The van der Waals surface area contributed by atoms with Crippen LogP contribution in [0.1, 0.15) is 18.9 Å². The minimum absolute atomic E-state index is 0.498. The van der Waals surface area contributed by atoms with Crippen LogP contribution in [0.15, 0.2) is 36.5 Å². The van der Waals surface area contributed by atoms with Crippen LogP contribution in [0.25, 0.3) is 22.7 Å². The average Bonchev–Trinajstić information content (AvgIpc) is 3.18. The Labute approximate surface area is 110 Å². The summed E-state index contributed by atoms with van der Waals surface area (Å²) in [6.07, 6.45) is 4.16. The summed E-state index contributed by atoms with van der Waals surface area (Å²) in [5, 5.41) is 0. The highest BCUT2D eigenvalue weighted by Gasteiger charge is 2.29. The predicted octanol–water partition coefficient (Wildman–Crippen LogP) is 2.41. The van der Waals surface area contributed by atoms with E-state index in [0.717, 1.165) is 22.7 Å². The third-order valence-electron chi connectivity index (χ3n) is 3.36. The van der Waals surface area contributed by atoms with Crippen molar-refractivity contribution in [3.63, 3.8) is 0 Å². The Hall–Kier alpha value is -2.43. The summed E-state index contributed by atoms with van der Waals surface area (Å²) in [5.74, 6) is 1.38. The summed E-state index contributed by atoms with van der Waals surface area (Å²) in [7, 11) is 0. The number of pyridine rings is 2. The highest BCUT2D eigenvalue weighted by Crippen LogP contribution is 2.40. The van der Waals surface area contributed by atoms with Gasteiger partial charge in [-0.05, 0) is 37.1 Å². The molecule has 1 aliphatic rings. The van der Waals surface area contributed by atoms with Crippen LogP contribution in [-0.4, -0.2) is 19.5 Å². The molecule has 0 atom stereocenters. The van der Waals surface area contributed by atoms with Gasteiger partial charge in [-0.1, -0.05) is 6.07 Å². The Balaban J connectivity index is 2.00. The third kappa shape index (κ3) is 1.66. The maximum Gasteiger partial charge on any atom is 0.161 e. The molecular formula is C14H13N5. The van der Waals surface area contributed by atoms with Crippen molar-refractivity contribution in [2.24, 2.45) is 0 Å². The number of nitrogens with zero attached hydrogens (tertiary/aromatic N) is 4. The van der Waals surface area contributed by atoms with Gasteiger partial charge in [-0.3, -0.25) is 0 Å². The molecule has 1 fully saturated rings. The highest BCUT2D eigenvalue weighted by atomic mass is 15.2. The maximum atomic E-state index is 5.77. The van der Waals surface area contributed by atoms with E-state index in [1.807, 2.05) is 24.3 Å². The average molecular weight is 251 g/mol. The van der Waals surface area contributed by atoms with E-state index in [1.54, 1.807) is 12.3 Å². The lowest BCUT2D eigenvalue weighted by Crippen LogP contribution is -2.01. The number of nitrogen functional groups attached to an aromatic ring is 1. The van der Waals surface area contributed by atoms with Crippen molar-refractivity contribution in [3.8, 4) is 11.5 Å². The zero-order valence-corrected chi connectivity index (χ0v) is 10.3. The molecule has 4 rings (SSSR count). The van der Waals surface area contributed by atoms with Crippen molar-refractivity contribution in [1.29, 1.82) is 0 Å². The summed E-state index contributed by atoms with van der Waals surface area (Å²) in [4.78, 5) is 13.5. The molecule has 1 aliphatic carbocycles. The zero-order valence-electron chi connectivity index (χ0n) is 10.3. The Bertz CT molecular complexity index is 757. The van der Waals surface area contributed by atoms with Gasteiger partial charge < -0.3 is 10.3 Å². The Morgan fingerprint density at radius 2 is 2.00 bits per heavy atom. The van der Waals surface area contributed by atoms with E-state index in [9.17, 15) is 0 Å². The number of anilines is 1. The fourth-order valence-corrected chi connectivity index (χ4v) is 2.36. The van der Waals surface area contributed by atoms with E-state index in [0.29, 0.717) is 11.9 Å². The first-order valence-electron chi connectivity index (χ1n) is 6.39. The normalized spacial score (nSPS) is 14.9. The van der Waals surface area contributed by atoms with Crippen molar-refractivity contribution in [1.82, 2.24) is 19.5 Å². The Morgan fingerprint density at radius 1 is 1.11 bits per heavy atom. The number of rotatable bonds is 2. The Kier molecular flexibility index (Phi) is 2.09. The van der Waals surface area contributed by atoms with Crippen molar-refractivity contribution < 1.29 is 0 Å². The van der Waals surface area contributed by atoms with Crippen LogP contribution < -0.4 is 5.73 Å². The van der Waals surface area contributed by atoms with Gasteiger partial charge in [0.05, 0.1) is 0 Å². The van der Waals surface area contributed by atoms with E-state index in [2.05, 4.69) is 19.5 Å². The maximum absolute atomic E-state index is 5.77. The second-order valence-corrected chi connectivity index (χ2v) is 4.83. The molecule has 1 saturated carbocycles. The summed E-state index contributed by atoms with van der Waals surface area (Å²) in [6, 6.07) is 10.0. The zero-order chi connectivity index (χ0) is 12.8. The molecule has 0 amide bonds. The lowest BCUT2D eigenvalue weighted by Gasteiger charge is -2.06. The van der Waals surface area contributed by atoms with E-state index in [-0.39, 0.29) is 0 Å². The second kappa shape index (κ2) is 3.78. The molecule has 0 spiro atoms. The smallest absolute Gasteiger partial charge is 0.161 e. The fraction of sp³-hybridized carbons (Fsp3) is 0.214. The molecule has 5 heteroatoms. The lowest BCUT2D eigenvalue weighted by molar-refractivity contribution is 0.764. The van der Waals surface area contributed by atoms with Crippen molar-refractivity contribution in [3.05, 3.63) is 36.5 Å². The van der Waals surface area contributed by atoms with Crippen LogP contribution in [0.4, 0.5) is 5.82 Å². The van der Waals surface area contributed by atoms with Gasteiger partial charge in [0.1, 0.15) is 17.0 Å². The molecule has 0 unspecified atom stereocenters. The first-order valence-corrected chi connectivity index (χ1v) is 6.39. The molecule has 5 nitrogen and oxygen atoms in total. The quantitative estimate of drug-likeness (QED) is 0.759. The Morgan fingerprint density at radius 3 is 2.79 bits per heavy atom. The van der Waals surface area contributed by atoms with Gasteiger partial charge >= 0.3 is 0 Å². The molecule has 3 heterocycles. The number of aromatic nitrogens is 4. The van der Waals surface area contributed by atoms with Crippen LogP contribution in [0.5, 0.6) is 0 Å². The van der Waals surface area contributed by atoms with Crippen LogP contribution in [-0.2, 0) is 0 Å². The standard InChI is InChI=1S/C14H13N5/c15-12-5-1-3-11(17-12)14-18-10-4-2-8-16-13(10)19(14)9-6-7-9/h1-5,8-9H,6-7H2,(H2,15,17). The second-order valence-electron chi connectivity index (χ2n) is 4.83. The van der Waals surface area contributed by atoms with Gasteiger partial charge in [0.25, 0.3) is 0 Å². The minimum atomic E-state index is 0.498. The van der Waals surface area contributed by atoms with Crippen LogP contribution in [0.3, 0.4) is 0 Å². The van der Waals surface area contributed by atoms with Crippen molar-refractivity contribution in [2.45, 2.75) is 18.9 Å². The highest BCUT2D eigenvalue weighted by molar-refractivity contribution is 5.76. The molecule has 0 aromatic carbocycles. The van der Waals surface area contributed by atoms with Gasteiger partial charge in [-0.25, -0.2) is 15.0 Å². The predicted molar refractivity (Wildman–Crippen MR) is 73.4 cm³/mol. The van der Waals surface area contributed by atoms with Crippen LogP contribution >= 0.6 is 0 Å². The number of fused-ring (bicyclic) bond motifs is 1. The topological polar surface area (TPSA) is 69.6 Å². The van der Waals surface area contributed by atoms with Crippen molar-refractivity contribution in [2.75, 3.05) is 5.73 Å². The lowest BCUT2D eigenvalue weighted by atomic mass is 10.3. The molecule has 94 valence electrons. The summed E-state index contributed by atoms with van der Waals surface area (Å²) < 4.78 is 2.19. The minimum Gasteiger partial charge on any atom is -0.384 e. The number of imidazole rings is 1. The van der Waals surface area contributed by atoms with Gasteiger partial charge in [-0.15, -0.1) is 0 Å². The molecule has 3 aromatic heterocycles. The SMILES string of the molecule is Nc1cccc(-c2nc3cccnc3n2C2CC2)n1. The number of nitrogens with two attached hydrogens (primary N) is 1. The largest absolute Gasteiger partial charge is 0.384 e. The summed E-state index contributed by atoms with van der Waals surface area (Å²) in [6.45, 7) is 0. The molecule has 0 radical (unpaired) electrons. The van der Waals surface area contributed by atoms with Crippen LogP contribution in [0, 0.1) is 0 Å². The van der Waals surface area contributed by atoms with Crippen LogP contribution in [0.2, 0.25) is 0 Å². The third-order valence-corrected chi connectivity index (χ3v) is 3.36. The van der Waals surface area contributed by atoms with Gasteiger partial charge in [0, 0.05) is 12.2 Å². The monoisotopic (exact) mass is 251 g/mol. The van der Waals surface area contributed by atoms with Gasteiger partial charge in [-0.2, -0.15) is 0 Å². The molecule has 0 bridgehead atoms. The van der Waals surface area contributed by atoms with Gasteiger partial charge in [0.15, 0.2) is 11.5 Å². The van der Waals surface area contributed by atoms with E-state index < -0.39 is 0 Å². The fourth-order valence-electron chi connectivity index (χ4n) is 2.36. The molecule has 19 heavy (non-hydrogen) atoms.